The van der Waals surface area contributed by atoms with Gasteiger partial charge in [0.15, 0.2) is 11.6 Å². The van der Waals surface area contributed by atoms with E-state index in [0.717, 1.165) is 12.8 Å². The number of piperidine rings is 2. The first kappa shape index (κ1) is 17.0. The van der Waals surface area contributed by atoms with Crippen molar-refractivity contribution in [2.24, 2.45) is 5.92 Å². The SMILES string of the molecule is O=C(CC1CCN(c2ncccc2F)CC1)N1CCC(F)(F)CC1. The highest BCUT2D eigenvalue weighted by Gasteiger charge is 2.36. The summed E-state index contributed by atoms with van der Waals surface area (Å²) in [6.45, 7) is 1.60. The quantitative estimate of drug-likeness (QED) is 0.848. The van der Waals surface area contributed by atoms with E-state index in [4.69, 9.17) is 0 Å². The minimum Gasteiger partial charge on any atom is -0.354 e. The van der Waals surface area contributed by atoms with E-state index < -0.39 is 5.92 Å². The second kappa shape index (κ2) is 6.99. The summed E-state index contributed by atoms with van der Waals surface area (Å²) in [4.78, 5) is 19.8. The Morgan fingerprint density at radius 1 is 1.21 bits per heavy atom. The predicted octanol–water partition coefficient (Wildman–Crippen LogP) is 3.08. The van der Waals surface area contributed by atoms with Crippen LogP contribution >= 0.6 is 0 Å². The molecule has 0 bridgehead atoms. The van der Waals surface area contributed by atoms with Gasteiger partial charge in [-0.25, -0.2) is 18.2 Å². The molecule has 1 aromatic heterocycles. The van der Waals surface area contributed by atoms with Gasteiger partial charge in [0, 0.05) is 51.6 Å². The van der Waals surface area contributed by atoms with E-state index >= 15 is 0 Å². The number of pyridine rings is 1. The molecule has 3 rings (SSSR count). The molecule has 0 saturated carbocycles. The number of aromatic nitrogens is 1. The van der Waals surface area contributed by atoms with Gasteiger partial charge in [-0.05, 0) is 30.9 Å². The van der Waals surface area contributed by atoms with Crippen molar-refractivity contribution < 1.29 is 18.0 Å². The van der Waals surface area contributed by atoms with Crippen molar-refractivity contribution in [1.82, 2.24) is 9.88 Å². The Kier molecular flexibility index (Phi) is 4.96. The first-order valence-electron chi connectivity index (χ1n) is 8.46. The molecule has 2 aliphatic heterocycles. The van der Waals surface area contributed by atoms with Crippen LogP contribution in [0.25, 0.3) is 0 Å². The average Bonchev–Trinajstić information content (AvgIpc) is 2.56. The number of rotatable bonds is 3. The van der Waals surface area contributed by atoms with Gasteiger partial charge in [-0.3, -0.25) is 4.79 Å². The van der Waals surface area contributed by atoms with Gasteiger partial charge in [0.2, 0.25) is 5.91 Å². The summed E-state index contributed by atoms with van der Waals surface area (Å²) in [7, 11) is 0. The van der Waals surface area contributed by atoms with Crippen molar-refractivity contribution in [3.63, 3.8) is 0 Å². The fraction of sp³-hybridized carbons (Fsp3) is 0.647. The Balaban J connectivity index is 1.47. The van der Waals surface area contributed by atoms with Crippen molar-refractivity contribution in [2.75, 3.05) is 31.1 Å². The van der Waals surface area contributed by atoms with E-state index in [9.17, 15) is 18.0 Å². The van der Waals surface area contributed by atoms with Gasteiger partial charge < -0.3 is 9.80 Å². The molecule has 0 atom stereocenters. The van der Waals surface area contributed by atoms with Crippen molar-refractivity contribution in [2.45, 2.75) is 38.0 Å². The second-order valence-corrected chi connectivity index (χ2v) is 6.68. The maximum atomic E-state index is 13.8. The molecule has 0 N–H and O–H groups in total. The van der Waals surface area contributed by atoms with Gasteiger partial charge in [-0.1, -0.05) is 0 Å². The summed E-state index contributed by atoms with van der Waals surface area (Å²) < 4.78 is 40.1. The molecule has 4 nitrogen and oxygen atoms in total. The standard InChI is InChI=1S/C17H22F3N3O/c18-14-2-1-7-21-16(14)23-8-3-13(4-9-23)12-15(24)22-10-5-17(19,20)6-11-22/h1-2,7,13H,3-6,8-12H2. The summed E-state index contributed by atoms with van der Waals surface area (Å²) in [5, 5.41) is 0. The van der Waals surface area contributed by atoms with Crippen LogP contribution in [-0.4, -0.2) is 47.9 Å². The van der Waals surface area contributed by atoms with Crippen molar-refractivity contribution >= 4 is 11.7 Å². The molecule has 0 unspecified atom stereocenters. The van der Waals surface area contributed by atoms with Crippen molar-refractivity contribution in [3.8, 4) is 0 Å². The number of halogens is 3. The highest BCUT2D eigenvalue weighted by atomic mass is 19.3. The zero-order valence-corrected chi connectivity index (χ0v) is 13.6. The molecule has 0 aliphatic carbocycles. The Bertz CT molecular complexity index is 578. The van der Waals surface area contributed by atoms with E-state index in [1.807, 2.05) is 4.90 Å². The van der Waals surface area contributed by atoms with E-state index in [1.54, 1.807) is 17.2 Å². The molecule has 2 saturated heterocycles. The lowest BCUT2D eigenvalue weighted by atomic mass is 9.92. The normalized spacial score (nSPS) is 21.8. The Hall–Kier alpha value is -1.79. The molecule has 0 aromatic carbocycles. The third kappa shape index (κ3) is 3.99. The maximum Gasteiger partial charge on any atom is 0.251 e. The van der Waals surface area contributed by atoms with E-state index in [2.05, 4.69) is 4.98 Å². The van der Waals surface area contributed by atoms with Crippen LogP contribution in [0.3, 0.4) is 0 Å². The third-order valence-electron chi connectivity index (χ3n) is 4.96. The molecular formula is C17H22F3N3O. The van der Waals surface area contributed by atoms with Gasteiger partial charge in [-0.2, -0.15) is 0 Å². The topological polar surface area (TPSA) is 36.4 Å². The fourth-order valence-corrected chi connectivity index (χ4v) is 3.42. The van der Waals surface area contributed by atoms with Gasteiger partial charge in [0.1, 0.15) is 0 Å². The zero-order chi connectivity index (χ0) is 17.2. The zero-order valence-electron chi connectivity index (χ0n) is 13.6. The van der Waals surface area contributed by atoms with Crippen LogP contribution in [0, 0.1) is 11.7 Å². The minimum absolute atomic E-state index is 0.0343. The maximum absolute atomic E-state index is 13.8. The van der Waals surface area contributed by atoms with Gasteiger partial charge in [0.05, 0.1) is 0 Å². The molecule has 0 spiro atoms. The number of alkyl halides is 2. The summed E-state index contributed by atoms with van der Waals surface area (Å²) in [6.07, 6.45) is 3.05. The number of carbonyl (C=O) groups excluding carboxylic acids is 1. The lowest BCUT2D eigenvalue weighted by molar-refractivity contribution is -0.138. The van der Waals surface area contributed by atoms with Crippen LogP contribution < -0.4 is 4.90 Å². The van der Waals surface area contributed by atoms with E-state index in [-0.39, 0.29) is 43.6 Å². The smallest absolute Gasteiger partial charge is 0.251 e. The molecule has 2 aliphatic rings. The summed E-state index contributed by atoms with van der Waals surface area (Å²) >= 11 is 0. The highest BCUT2D eigenvalue weighted by Crippen LogP contribution is 2.30. The van der Waals surface area contributed by atoms with E-state index in [1.165, 1.54) is 6.07 Å². The van der Waals surface area contributed by atoms with Gasteiger partial charge in [0.25, 0.3) is 5.92 Å². The van der Waals surface area contributed by atoms with Crippen LogP contribution in [0.15, 0.2) is 18.3 Å². The molecule has 7 heteroatoms. The van der Waals surface area contributed by atoms with Gasteiger partial charge >= 0.3 is 0 Å². The first-order chi connectivity index (χ1) is 11.4. The monoisotopic (exact) mass is 341 g/mol. The lowest BCUT2D eigenvalue weighted by Gasteiger charge is -2.35. The summed E-state index contributed by atoms with van der Waals surface area (Å²) in [5.74, 6) is -2.41. The first-order valence-corrected chi connectivity index (χ1v) is 8.46. The van der Waals surface area contributed by atoms with E-state index in [0.29, 0.717) is 25.3 Å². The Morgan fingerprint density at radius 3 is 2.50 bits per heavy atom. The number of likely N-dealkylation sites (tertiary alicyclic amines) is 1. The number of amides is 1. The van der Waals surface area contributed by atoms with Crippen molar-refractivity contribution in [3.05, 3.63) is 24.1 Å². The van der Waals surface area contributed by atoms with Gasteiger partial charge in [-0.15, -0.1) is 0 Å². The molecule has 3 heterocycles. The highest BCUT2D eigenvalue weighted by molar-refractivity contribution is 5.76. The largest absolute Gasteiger partial charge is 0.354 e. The molecule has 2 fully saturated rings. The number of anilines is 1. The Labute approximate surface area is 139 Å². The van der Waals surface area contributed by atoms with Crippen LogP contribution in [0.4, 0.5) is 19.0 Å². The number of hydrogen-bond acceptors (Lipinski definition) is 3. The number of carbonyl (C=O) groups is 1. The van der Waals surface area contributed by atoms with Crippen LogP contribution in [0.1, 0.15) is 32.1 Å². The molecular weight excluding hydrogens is 319 g/mol. The average molecular weight is 341 g/mol. The molecule has 132 valence electrons. The van der Waals surface area contributed by atoms with Crippen LogP contribution in [-0.2, 0) is 4.79 Å². The van der Waals surface area contributed by atoms with Crippen LogP contribution in [0.5, 0.6) is 0 Å². The van der Waals surface area contributed by atoms with Crippen LogP contribution in [0.2, 0.25) is 0 Å². The Morgan fingerprint density at radius 2 is 1.88 bits per heavy atom. The summed E-state index contributed by atoms with van der Waals surface area (Å²) in [6, 6.07) is 2.95. The number of hydrogen-bond donors (Lipinski definition) is 0. The van der Waals surface area contributed by atoms with Crippen molar-refractivity contribution in [1.29, 1.82) is 0 Å². The molecule has 0 radical (unpaired) electrons. The minimum atomic E-state index is -2.63. The molecule has 1 aromatic rings. The molecule has 1 amide bonds. The summed E-state index contributed by atoms with van der Waals surface area (Å²) in [5.41, 5.74) is 0. The molecule has 24 heavy (non-hydrogen) atoms. The third-order valence-corrected chi connectivity index (χ3v) is 4.96. The fourth-order valence-electron chi connectivity index (χ4n) is 3.42. The predicted molar refractivity (Wildman–Crippen MR) is 84.5 cm³/mol. The number of nitrogens with zero attached hydrogens (tertiary/aromatic N) is 3. The second-order valence-electron chi connectivity index (χ2n) is 6.68. The lowest BCUT2D eigenvalue weighted by Crippen LogP contribution is -2.44.